The number of amides is 1. The molecular weight excluding hydrogens is 306 g/mol. The minimum Gasteiger partial charge on any atom is -0.399 e. The van der Waals surface area contributed by atoms with Gasteiger partial charge in [-0.05, 0) is 49.9 Å². The summed E-state index contributed by atoms with van der Waals surface area (Å²) in [4.78, 5) is 14.8. The normalized spacial score (nSPS) is 20.2. The topological polar surface area (TPSA) is 86.3 Å². The summed E-state index contributed by atoms with van der Waals surface area (Å²) < 4.78 is 7.24. The molecule has 2 aliphatic rings. The van der Waals surface area contributed by atoms with Gasteiger partial charge in [0.15, 0.2) is 5.69 Å². The number of nitrogens with two attached hydrogens (primary N) is 1. The highest BCUT2D eigenvalue weighted by Gasteiger charge is 2.29. The standard InChI is InChI=1S/C17H21N5O2/c1-11-16(19-20-22(11)14-6-8-24-10-14)17(23)21-7-2-3-12-9-13(18)4-5-15(12)21/h4-5,9,14H,2-3,6-8,10,18H2,1H3. The van der Waals surface area contributed by atoms with Gasteiger partial charge in [0.05, 0.1) is 18.3 Å². The quantitative estimate of drug-likeness (QED) is 0.849. The van der Waals surface area contributed by atoms with Crippen LogP contribution in [0.25, 0.3) is 0 Å². The van der Waals surface area contributed by atoms with E-state index in [0.29, 0.717) is 18.8 Å². The molecule has 0 bridgehead atoms. The molecule has 1 atom stereocenters. The Morgan fingerprint density at radius 2 is 2.29 bits per heavy atom. The van der Waals surface area contributed by atoms with Gasteiger partial charge in [0, 0.05) is 24.5 Å². The smallest absolute Gasteiger partial charge is 0.280 e. The minimum atomic E-state index is -0.0941. The third-order valence-corrected chi connectivity index (χ3v) is 4.85. The Bertz CT molecular complexity index is 779. The van der Waals surface area contributed by atoms with Crippen LogP contribution in [0.5, 0.6) is 0 Å². The summed E-state index contributed by atoms with van der Waals surface area (Å²) in [6.07, 6.45) is 2.77. The number of rotatable bonds is 2. The van der Waals surface area contributed by atoms with Crippen LogP contribution in [-0.4, -0.2) is 40.7 Å². The zero-order valence-corrected chi connectivity index (χ0v) is 13.7. The van der Waals surface area contributed by atoms with Crippen LogP contribution in [-0.2, 0) is 11.2 Å². The second-order valence-electron chi connectivity index (χ2n) is 6.43. The molecule has 0 spiro atoms. The monoisotopic (exact) mass is 327 g/mol. The van der Waals surface area contributed by atoms with Crippen LogP contribution in [0.2, 0.25) is 0 Å². The maximum atomic E-state index is 13.0. The first kappa shape index (κ1) is 15.1. The number of fused-ring (bicyclic) bond motifs is 1. The van der Waals surface area contributed by atoms with E-state index in [1.54, 1.807) is 4.90 Å². The first-order valence-corrected chi connectivity index (χ1v) is 8.35. The number of carbonyl (C=O) groups is 1. The van der Waals surface area contributed by atoms with E-state index >= 15 is 0 Å². The minimum absolute atomic E-state index is 0.0941. The van der Waals surface area contributed by atoms with Crippen LogP contribution in [0.3, 0.4) is 0 Å². The van der Waals surface area contributed by atoms with Crippen molar-refractivity contribution in [2.24, 2.45) is 0 Å². The van der Waals surface area contributed by atoms with E-state index in [4.69, 9.17) is 10.5 Å². The molecule has 0 aliphatic carbocycles. The summed E-state index contributed by atoms with van der Waals surface area (Å²) in [6.45, 7) is 3.95. The third kappa shape index (κ3) is 2.45. The Morgan fingerprint density at radius 1 is 1.42 bits per heavy atom. The average Bonchev–Trinajstić information content (AvgIpc) is 3.22. The molecule has 4 rings (SSSR count). The Labute approximate surface area is 140 Å². The lowest BCUT2D eigenvalue weighted by molar-refractivity contribution is 0.0979. The molecule has 2 N–H and O–H groups in total. The molecule has 1 saturated heterocycles. The van der Waals surface area contributed by atoms with Crippen LogP contribution in [0.15, 0.2) is 18.2 Å². The predicted molar refractivity (Wildman–Crippen MR) is 90.1 cm³/mol. The number of nitrogen functional groups attached to an aromatic ring is 1. The van der Waals surface area contributed by atoms with Crippen LogP contribution in [0.1, 0.15) is 40.6 Å². The molecule has 126 valence electrons. The van der Waals surface area contributed by atoms with E-state index in [1.807, 2.05) is 29.8 Å². The van der Waals surface area contributed by atoms with Gasteiger partial charge in [-0.2, -0.15) is 0 Å². The lowest BCUT2D eigenvalue weighted by atomic mass is 10.0. The van der Waals surface area contributed by atoms with E-state index in [9.17, 15) is 4.79 Å². The van der Waals surface area contributed by atoms with Crippen molar-refractivity contribution in [2.45, 2.75) is 32.2 Å². The first-order chi connectivity index (χ1) is 11.6. The van der Waals surface area contributed by atoms with Gasteiger partial charge >= 0.3 is 0 Å². The number of carbonyl (C=O) groups excluding carboxylic acids is 1. The molecule has 0 saturated carbocycles. The number of anilines is 2. The van der Waals surface area contributed by atoms with Crippen LogP contribution < -0.4 is 10.6 Å². The molecule has 1 aromatic carbocycles. The number of aromatic nitrogens is 3. The van der Waals surface area contributed by atoms with Gasteiger partial charge in [0.2, 0.25) is 0 Å². The molecule has 2 aliphatic heterocycles. The van der Waals surface area contributed by atoms with Crippen molar-refractivity contribution in [3.05, 3.63) is 35.2 Å². The van der Waals surface area contributed by atoms with Gasteiger partial charge < -0.3 is 15.4 Å². The van der Waals surface area contributed by atoms with E-state index < -0.39 is 0 Å². The second kappa shape index (κ2) is 5.90. The lowest BCUT2D eigenvalue weighted by Gasteiger charge is -2.29. The molecule has 24 heavy (non-hydrogen) atoms. The molecule has 7 heteroatoms. The van der Waals surface area contributed by atoms with Crippen LogP contribution in [0.4, 0.5) is 11.4 Å². The van der Waals surface area contributed by atoms with Crippen LogP contribution >= 0.6 is 0 Å². The van der Waals surface area contributed by atoms with Gasteiger partial charge in [-0.25, -0.2) is 4.68 Å². The Morgan fingerprint density at radius 3 is 3.08 bits per heavy atom. The molecule has 1 fully saturated rings. The maximum absolute atomic E-state index is 13.0. The fraction of sp³-hybridized carbons (Fsp3) is 0.471. The van der Waals surface area contributed by atoms with Gasteiger partial charge in [-0.1, -0.05) is 5.21 Å². The van der Waals surface area contributed by atoms with E-state index in [0.717, 1.165) is 48.5 Å². The summed E-state index contributed by atoms with van der Waals surface area (Å²) in [5.41, 5.74) is 9.87. The van der Waals surface area contributed by atoms with E-state index in [-0.39, 0.29) is 11.9 Å². The molecule has 1 unspecified atom stereocenters. The second-order valence-corrected chi connectivity index (χ2v) is 6.43. The van der Waals surface area contributed by atoms with Gasteiger partial charge in [0.1, 0.15) is 0 Å². The Hall–Kier alpha value is -2.41. The largest absolute Gasteiger partial charge is 0.399 e. The Balaban J connectivity index is 1.66. The summed E-state index contributed by atoms with van der Waals surface area (Å²) in [6, 6.07) is 5.89. The Kier molecular flexibility index (Phi) is 3.72. The molecule has 1 aromatic heterocycles. The van der Waals surface area contributed by atoms with Crippen molar-refractivity contribution in [3.8, 4) is 0 Å². The summed E-state index contributed by atoms with van der Waals surface area (Å²) in [5, 5.41) is 8.37. The molecule has 3 heterocycles. The molecule has 0 radical (unpaired) electrons. The lowest BCUT2D eigenvalue weighted by Crippen LogP contribution is -2.36. The number of benzene rings is 1. The van der Waals surface area contributed by atoms with Crippen molar-refractivity contribution >= 4 is 17.3 Å². The molecular formula is C17H21N5O2. The highest BCUT2D eigenvalue weighted by atomic mass is 16.5. The van der Waals surface area contributed by atoms with Crippen LogP contribution in [0, 0.1) is 6.92 Å². The number of hydrogen-bond donors (Lipinski definition) is 1. The summed E-state index contributed by atoms with van der Waals surface area (Å²) in [5.74, 6) is -0.0941. The highest BCUT2D eigenvalue weighted by molar-refractivity contribution is 6.06. The number of ether oxygens (including phenoxy) is 1. The number of nitrogens with zero attached hydrogens (tertiary/aromatic N) is 4. The molecule has 1 amide bonds. The fourth-order valence-corrected chi connectivity index (χ4v) is 3.56. The van der Waals surface area contributed by atoms with E-state index in [1.165, 1.54) is 0 Å². The zero-order chi connectivity index (χ0) is 16.7. The third-order valence-electron chi connectivity index (χ3n) is 4.85. The highest BCUT2D eigenvalue weighted by Crippen LogP contribution is 2.30. The molecule has 2 aromatic rings. The van der Waals surface area contributed by atoms with Gasteiger partial charge in [0.25, 0.3) is 5.91 Å². The van der Waals surface area contributed by atoms with Crippen molar-refractivity contribution in [2.75, 3.05) is 30.4 Å². The van der Waals surface area contributed by atoms with Gasteiger partial charge in [-0.3, -0.25) is 4.79 Å². The molecule has 7 nitrogen and oxygen atoms in total. The van der Waals surface area contributed by atoms with Crippen molar-refractivity contribution in [1.82, 2.24) is 15.0 Å². The van der Waals surface area contributed by atoms with E-state index in [2.05, 4.69) is 10.3 Å². The van der Waals surface area contributed by atoms with Gasteiger partial charge in [-0.15, -0.1) is 5.10 Å². The number of hydrogen-bond acceptors (Lipinski definition) is 5. The average molecular weight is 327 g/mol. The van der Waals surface area contributed by atoms with Crippen molar-refractivity contribution in [1.29, 1.82) is 0 Å². The maximum Gasteiger partial charge on any atom is 0.280 e. The first-order valence-electron chi connectivity index (χ1n) is 8.35. The summed E-state index contributed by atoms with van der Waals surface area (Å²) >= 11 is 0. The summed E-state index contributed by atoms with van der Waals surface area (Å²) in [7, 11) is 0. The van der Waals surface area contributed by atoms with Crippen molar-refractivity contribution < 1.29 is 9.53 Å². The predicted octanol–water partition coefficient (Wildman–Crippen LogP) is 1.72. The zero-order valence-electron chi connectivity index (χ0n) is 13.7. The van der Waals surface area contributed by atoms with Crippen molar-refractivity contribution in [3.63, 3.8) is 0 Å². The SMILES string of the molecule is Cc1c(C(=O)N2CCCc3cc(N)ccc32)nnn1C1CCOC1. The number of aryl methyl sites for hydroxylation is 1. The fourth-order valence-electron chi connectivity index (χ4n) is 3.56.